The maximum atomic E-state index is 2.64. The lowest BCUT2D eigenvalue weighted by Gasteiger charge is -2.44. The van der Waals surface area contributed by atoms with E-state index in [0.717, 1.165) is 6.17 Å². The van der Waals surface area contributed by atoms with Crippen molar-refractivity contribution in [2.45, 2.75) is 12.1 Å². The topological polar surface area (TPSA) is 13.0 Å². The molecule has 43 heavy (non-hydrogen) atoms. The summed E-state index contributed by atoms with van der Waals surface area (Å²) in [6.07, 6.45) is 9.99. The van der Waals surface area contributed by atoms with Crippen LogP contribution < -0.4 is 18.9 Å². The first-order valence-corrected chi connectivity index (χ1v) is 16.5. The molecule has 1 heterocycles. The molecule has 7 rings (SSSR count). The molecule has 5 aromatic carbocycles. The van der Waals surface area contributed by atoms with Gasteiger partial charge in [-0.2, -0.15) is 0 Å². The zero-order valence-corrected chi connectivity index (χ0v) is 25.3. The van der Waals surface area contributed by atoms with Crippen molar-refractivity contribution in [1.82, 2.24) is 0 Å². The fourth-order valence-corrected chi connectivity index (χ4v) is 9.31. The largest absolute Gasteiger partial charge is 0.366 e. The molecule has 2 atom stereocenters. The van der Waals surface area contributed by atoms with Crippen LogP contribution >= 0.6 is 0 Å². The van der Waals surface area contributed by atoms with Gasteiger partial charge in [0.05, 0.1) is 29.6 Å². The highest BCUT2D eigenvalue weighted by molar-refractivity contribution is 6.73. The summed E-state index contributed by atoms with van der Waals surface area (Å²) in [4.78, 5) is 5.04. The SMILES string of the molecule is CN(c1ccccc1)C1C=CC=CC1N(C[Si]1N(c2ccccc2)c2ccccc2N1c1ccccc1)c1ccccc1. The molecule has 2 unspecified atom stereocenters. The van der Waals surface area contributed by atoms with Crippen molar-refractivity contribution < 1.29 is 0 Å². The normalized spacial score (nSPS) is 17.6. The van der Waals surface area contributed by atoms with Gasteiger partial charge in [-0.3, -0.25) is 0 Å². The van der Waals surface area contributed by atoms with E-state index in [4.69, 9.17) is 0 Å². The number of hydrogen-bond donors (Lipinski definition) is 0. The van der Waals surface area contributed by atoms with Crippen LogP contribution in [0.3, 0.4) is 0 Å². The molecule has 0 saturated heterocycles. The summed E-state index contributed by atoms with van der Waals surface area (Å²) in [5.74, 6) is 0. The zero-order chi connectivity index (χ0) is 29.0. The van der Waals surface area contributed by atoms with Crippen molar-refractivity contribution in [2.24, 2.45) is 0 Å². The number of anilines is 6. The van der Waals surface area contributed by atoms with E-state index in [9.17, 15) is 0 Å². The fourth-order valence-electron chi connectivity index (χ4n) is 6.30. The van der Waals surface area contributed by atoms with Crippen LogP contribution in [0.2, 0.25) is 0 Å². The van der Waals surface area contributed by atoms with Gasteiger partial charge in [-0.25, -0.2) is 0 Å². The summed E-state index contributed by atoms with van der Waals surface area (Å²) in [6.45, 7) is 0. The third-order valence-corrected chi connectivity index (χ3v) is 11.0. The van der Waals surface area contributed by atoms with Crippen molar-refractivity contribution in [3.05, 3.63) is 170 Å². The molecule has 0 amide bonds. The van der Waals surface area contributed by atoms with Crippen molar-refractivity contribution in [3.8, 4) is 0 Å². The molecule has 1 aliphatic heterocycles. The smallest absolute Gasteiger partial charge is 0.328 e. The molecule has 4 nitrogen and oxygen atoms in total. The minimum absolute atomic E-state index is 0.133. The van der Waals surface area contributed by atoms with Crippen LogP contribution in [0.5, 0.6) is 0 Å². The van der Waals surface area contributed by atoms with Gasteiger partial charge in [0.1, 0.15) is 0 Å². The summed E-state index contributed by atoms with van der Waals surface area (Å²) in [7, 11) is 0.773. The first kappa shape index (κ1) is 26.9. The third-order valence-electron chi connectivity index (χ3n) is 8.36. The average Bonchev–Trinajstić information content (AvgIpc) is 3.42. The Morgan fingerprint density at radius 1 is 0.512 bits per heavy atom. The Balaban J connectivity index is 1.36. The Hall–Kier alpha value is -5.00. The molecular weight excluding hydrogens is 541 g/mol. The Bertz CT molecular complexity index is 1630. The van der Waals surface area contributed by atoms with Gasteiger partial charge in [-0.1, -0.05) is 109 Å². The lowest BCUT2D eigenvalue weighted by atomic mass is 9.99. The second kappa shape index (κ2) is 12.1. The molecule has 5 heteroatoms. The van der Waals surface area contributed by atoms with Crippen LogP contribution in [0.1, 0.15) is 0 Å². The van der Waals surface area contributed by atoms with Crippen LogP contribution in [0.4, 0.5) is 34.1 Å². The minimum atomic E-state index is -1.44. The summed E-state index contributed by atoms with van der Waals surface area (Å²) in [5, 5.41) is 0. The molecule has 0 bridgehead atoms. The highest BCUT2D eigenvalue weighted by Gasteiger charge is 2.43. The highest BCUT2D eigenvalue weighted by Crippen LogP contribution is 2.46. The van der Waals surface area contributed by atoms with E-state index in [0.29, 0.717) is 0 Å². The zero-order valence-electron chi connectivity index (χ0n) is 24.3. The molecule has 211 valence electrons. The van der Waals surface area contributed by atoms with Gasteiger partial charge in [0, 0.05) is 29.8 Å². The molecule has 0 saturated carbocycles. The fraction of sp³-hybridized carbons (Fsp3) is 0.105. The Kier molecular flexibility index (Phi) is 7.55. The molecule has 0 fully saturated rings. The number of allylic oxidation sites excluding steroid dienone is 2. The highest BCUT2D eigenvalue weighted by atomic mass is 28.3. The van der Waals surface area contributed by atoms with Crippen LogP contribution in [0, 0.1) is 0 Å². The van der Waals surface area contributed by atoms with Crippen molar-refractivity contribution in [1.29, 1.82) is 0 Å². The number of para-hydroxylation sites is 6. The summed E-state index contributed by atoms with van der Waals surface area (Å²) in [5.41, 5.74) is 7.42. The Labute approximate surface area is 256 Å². The maximum Gasteiger partial charge on any atom is 0.328 e. The van der Waals surface area contributed by atoms with Gasteiger partial charge < -0.3 is 18.9 Å². The average molecular weight is 576 g/mol. The van der Waals surface area contributed by atoms with Crippen molar-refractivity contribution >= 4 is 43.2 Å². The lowest BCUT2D eigenvalue weighted by Crippen LogP contribution is -2.58. The predicted octanol–water partition coefficient (Wildman–Crippen LogP) is 8.51. The van der Waals surface area contributed by atoms with Gasteiger partial charge in [0.2, 0.25) is 0 Å². The third kappa shape index (κ3) is 5.24. The van der Waals surface area contributed by atoms with Crippen LogP contribution in [-0.4, -0.2) is 34.4 Å². The maximum absolute atomic E-state index is 2.64. The van der Waals surface area contributed by atoms with E-state index < -0.39 is 9.12 Å². The first-order valence-electron chi connectivity index (χ1n) is 14.9. The molecule has 2 aliphatic rings. The number of hydrogen-bond acceptors (Lipinski definition) is 4. The number of likely N-dealkylation sites (N-methyl/N-ethyl adjacent to an activating group) is 1. The second-order valence-electron chi connectivity index (χ2n) is 10.9. The van der Waals surface area contributed by atoms with E-state index in [1.165, 1.54) is 34.1 Å². The van der Waals surface area contributed by atoms with E-state index in [1.807, 2.05) is 0 Å². The van der Waals surface area contributed by atoms with Crippen LogP contribution in [0.15, 0.2) is 170 Å². The summed E-state index contributed by atoms with van der Waals surface area (Å²) < 4.78 is 5.22. The molecule has 0 N–H and O–H groups in total. The van der Waals surface area contributed by atoms with Crippen molar-refractivity contribution in [2.75, 3.05) is 32.1 Å². The summed E-state index contributed by atoms with van der Waals surface area (Å²) >= 11 is 0. The van der Waals surface area contributed by atoms with E-state index in [-0.39, 0.29) is 12.1 Å². The molecule has 1 radical (unpaired) electrons. The molecule has 5 aromatic rings. The van der Waals surface area contributed by atoms with Crippen LogP contribution in [0.25, 0.3) is 0 Å². The molecule has 1 aliphatic carbocycles. The van der Waals surface area contributed by atoms with Gasteiger partial charge >= 0.3 is 9.12 Å². The molecule has 0 aromatic heterocycles. The number of rotatable bonds is 8. The van der Waals surface area contributed by atoms with Gasteiger partial charge in [0.25, 0.3) is 0 Å². The van der Waals surface area contributed by atoms with E-state index >= 15 is 0 Å². The van der Waals surface area contributed by atoms with Gasteiger partial charge in [-0.05, 0) is 60.7 Å². The van der Waals surface area contributed by atoms with E-state index in [1.54, 1.807) is 0 Å². The number of fused-ring (bicyclic) bond motifs is 1. The molecular formula is C38H35N4Si. The predicted molar refractivity (Wildman–Crippen MR) is 184 cm³/mol. The quantitative estimate of drug-likeness (QED) is 0.172. The Morgan fingerprint density at radius 3 is 1.44 bits per heavy atom. The van der Waals surface area contributed by atoms with Gasteiger partial charge in [-0.15, -0.1) is 0 Å². The monoisotopic (exact) mass is 575 g/mol. The van der Waals surface area contributed by atoms with Gasteiger partial charge in [0.15, 0.2) is 0 Å². The molecule has 0 spiro atoms. The van der Waals surface area contributed by atoms with E-state index in [2.05, 4.69) is 196 Å². The summed E-state index contributed by atoms with van der Waals surface area (Å²) in [6, 6.07) is 52.6. The standard InChI is InChI=1S/C38H35N4Si/c1-39(31-18-6-2-7-19-31)35-26-14-15-27-36(35)40(32-20-8-3-9-21-32)30-43-41(33-22-10-4-11-23-33)37-28-16-17-29-38(37)42(43)34-24-12-5-13-25-34/h2-29,35-36H,30H2,1H3. The second-order valence-corrected chi connectivity index (χ2v) is 13.0. The van der Waals surface area contributed by atoms with Crippen molar-refractivity contribution in [3.63, 3.8) is 0 Å². The number of benzene rings is 5. The van der Waals surface area contributed by atoms with Crippen LogP contribution in [-0.2, 0) is 0 Å². The lowest BCUT2D eigenvalue weighted by molar-refractivity contribution is 0.617. The number of nitrogens with zero attached hydrogens (tertiary/aromatic N) is 4. The minimum Gasteiger partial charge on any atom is -0.366 e. The Morgan fingerprint density at radius 2 is 0.930 bits per heavy atom. The first-order chi connectivity index (χ1) is 21.3.